The first-order valence-electron chi connectivity index (χ1n) is 13.1. The fourth-order valence-electron chi connectivity index (χ4n) is 4.77. The van der Waals surface area contributed by atoms with E-state index in [1.54, 1.807) is 12.3 Å². The number of carbonyl (C=O) groups excluding carboxylic acids is 1. The Morgan fingerprint density at radius 2 is 1.70 bits per heavy atom. The van der Waals surface area contributed by atoms with Gasteiger partial charge in [-0.05, 0) is 60.4 Å². The van der Waals surface area contributed by atoms with Crippen LogP contribution in [0.2, 0.25) is 0 Å². The van der Waals surface area contributed by atoms with Crippen molar-refractivity contribution in [2.24, 2.45) is 0 Å². The maximum atomic E-state index is 14.7. The van der Waals surface area contributed by atoms with Gasteiger partial charge in [0.1, 0.15) is 17.7 Å². The van der Waals surface area contributed by atoms with Gasteiger partial charge in [-0.1, -0.05) is 25.6 Å². The molecule has 14 heteroatoms. The second-order valence-electron chi connectivity index (χ2n) is 10.2. The molecule has 1 aliphatic rings. The molecule has 0 radical (unpaired) electrons. The molecule has 43 heavy (non-hydrogen) atoms. The Hall–Kier alpha value is -3.55. The second kappa shape index (κ2) is 12.6. The minimum atomic E-state index is -5.04. The molecule has 3 aromatic rings. The molecule has 1 atom stereocenters. The predicted octanol–water partition coefficient (Wildman–Crippen LogP) is 8.65. The molecule has 0 N–H and O–H groups in total. The van der Waals surface area contributed by atoms with Gasteiger partial charge in [0.05, 0.1) is 30.5 Å². The van der Waals surface area contributed by atoms with Crippen LogP contribution in [0.4, 0.5) is 35.5 Å². The number of methoxy groups -OCH3 is 1. The molecule has 1 unspecified atom stereocenters. The molecule has 0 spiro atoms. The van der Waals surface area contributed by atoms with Crippen LogP contribution in [0.5, 0.6) is 5.75 Å². The Labute approximate surface area is 247 Å². The zero-order valence-corrected chi connectivity index (χ0v) is 24.4. The number of benzene rings is 2. The van der Waals surface area contributed by atoms with Crippen molar-refractivity contribution >= 4 is 17.9 Å². The lowest BCUT2D eigenvalue weighted by Crippen LogP contribution is -2.31. The Balaban J connectivity index is 1.69. The van der Waals surface area contributed by atoms with E-state index in [1.807, 2.05) is 13.8 Å². The normalized spacial score (nSPS) is 16.3. The van der Waals surface area contributed by atoms with Gasteiger partial charge in [-0.3, -0.25) is 0 Å². The quantitative estimate of drug-likeness (QED) is 0.148. The van der Waals surface area contributed by atoms with Crippen LogP contribution >= 0.6 is 11.8 Å². The lowest BCUT2D eigenvalue weighted by Gasteiger charge is -2.23. The number of aromatic nitrogens is 2. The lowest BCUT2D eigenvalue weighted by molar-refractivity contribution is -0.143. The van der Waals surface area contributed by atoms with Crippen molar-refractivity contribution in [1.29, 1.82) is 0 Å². The van der Waals surface area contributed by atoms with Crippen LogP contribution in [-0.2, 0) is 23.6 Å². The Morgan fingerprint density at radius 1 is 1.05 bits per heavy atom. The minimum Gasteiger partial charge on any atom is -0.496 e. The van der Waals surface area contributed by atoms with Gasteiger partial charge in [0.25, 0.3) is 0 Å². The van der Waals surface area contributed by atoms with E-state index < -0.39 is 47.1 Å². The van der Waals surface area contributed by atoms with Crippen molar-refractivity contribution in [2.75, 3.05) is 19.9 Å². The van der Waals surface area contributed by atoms with Crippen LogP contribution < -0.4 is 4.74 Å². The number of halogens is 7. The van der Waals surface area contributed by atoms with Crippen LogP contribution in [0, 0.1) is 5.82 Å². The molecular formula is C29H28F7N3O3S. The number of amides is 1. The van der Waals surface area contributed by atoms with Gasteiger partial charge in [-0.25, -0.2) is 19.2 Å². The van der Waals surface area contributed by atoms with Gasteiger partial charge in [-0.2, -0.15) is 26.3 Å². The molecule has 1 aliphatic heterocycles. The monoisotopic (exact) mass is 631 g/mol. The van der Waals surface area contributed by atoms with Gasteiger partial charge < -0.3 is 14.4 Å². The molecule has 4 rings (SSSR count). The standard InChI is InChI=1S/C29H28F7N3O3S/c1-15(2)19-11-20(25(41-3)12-22(19)30)21-13-37-26(43-4)38-23(21)14-39-7-5-6-24(42-27(39)40)16-8-17(28(31,32)33)10-18(9-16)29(34,35)36/h8-13,15,24H,5-7,14H2,1-4H3. The smallest absolute Gasteiger partial charge is 0.416 e. The van der Waals surface area contributed by atoms with Crippen LogP contribution in [0.1, 0.15) is 66.7 Å². The van der Waals surface area contributed by atoms with Crippen molar-refractivity contribution in [1.82, 2.24) is 14.9 Å². The molecule has 1 amide bonds. The number of nitrogens with zero attached hydrogens (tertiary/aromatic N) is 3. The second-order valence-corrected chi connectivity index (χ2v) is 11.0. The molecule has 232 valence electrons. The topological polar surface area (TPSA) is 64.6 Å². The van der Waals surface area contributed by atoms with E-state index in [9.17, 15) is 35.5 Å². The summed E-state index contributed by atoms with van der Waals surface area (Å²) in [6.45, 7) is 3.63. The molecular weight excluding hydrogens is 603 g/mol. The SMILES string of the molecule is COc1cc(F)c(C(C)C)cc1-c1cnc(SC)nc1CN1CCCC(c2cc(C(F)(F)F)cc(C(F)(F)F)c2)OC1=O. The zero-order valence-electron chi connectivity index (χ0n) is 23.6. The van der Waals surface area contributed by atoms with E-state index in [2.05, 4.69) is 9.97 Å². The van der Waals surface area contributed by atoms with E-state index >= 15 is 0 Å². The maximum absolute atomic E-state index is 14.7. The van der Waals surface area contributed by atoms with E-state index in [0.29, 0.717) is 39.7 Å². The first-order chi connectivity index (χ1) is 20.1. The molecule has 2 aromatic carbocycles. The minimum absolute atomic E-state index is 0.00290. The lowest BCUT2D eigenvalue weighted by atomic mass is 9.95. The Kier molecular flexibility index (Phi) is 9.48. The summed E-state index contributed by atoms with van der Waals surface area (Å²) in [6.07, 6.45) is -8.84. The Morgan fingerprint density at radius 3 is 2.26 bits per heavy atom. The molecule has 0 bridgehead atoms. The number of hydrogen-bond acceptors (Lipinski definition) is 6. The van der Waals surface area contributed by atoms with E-state index in [1.165, 1.54) is 36.0 Å². The molecule has 2 heterocycles. The third-order valence-corrected chi connectivity index (χ3v) is 7.54. The first kappa shape index (κ1) is 32.4. The van der Waals surface area contributed by atoms with Crippen LogP contribution in [0.3, 0.4) is 0 Å². The predicted molar refractivity (Wildman–Crippen MR) is 145 cm³/mol. The van der Waals surface area contributed by atoms with Crippen molar-refractivity contribution in [2.45, 2.75) is 62.8 Å². The number of alkyl halides is 6. The number of cyclic esters (lactones) is 1. The van der Waals surface area contributed by atoms with Crippen molar-refractivity contribution in [3.63, 3.8) is 0 Å². The summed E-state index contributed by atoms with van der Waals surface area (Å²) >= 11 is 1.25. The summed E-state index contributed by atoms with van der Waals surface area (Å²) < 4.78 is 106. The van der Waals surface area contributed by atoms with Crippen molar-refractivity contribution in [3.8, 4) is 16.9 Å². The highest BCUT2D eigenvalue weighted by molar-refractivity contribution is 7.98. The molecule has 1 saturated heterocycles. The zero-order chi connectivity index (χ0) is 31.7. The van der Waals surface area contributed by atoms with Crippen LogP contribution in [0.25, 0.3) is 11.1 Å². The summed E-state index contributed by atoms with van der Waals surface area (Å²) in [5, 5.41) is 0.383. The summed E-state index contributed by atoms with van der Waals surface area (Å²) in [4.78, 5) is 23.4. The number of thioether (sulfide) groups is 1. The van der Waals surface area contributed by atoms with E-state index in [0.717, 1.165) is 0 Å². The number of carbonyl (C=O) groups is 1. The third-order valence-electron chi connectivity index (χ3n) is 6.98. The van der Waals surface area contributed by atoms with E-state index in [-0.39, 0.29) is 43.7 Å². The summed E-state index contributed by atoms with van der Waals surface area (Å²) in [5.41, 5.74) is -1.64. The first-order valence-corrected chi connectivity index (χ1v) is 14.4. The average Bonchev–Trinajstić information content (AvgIpc) is 3.12. The summed E-state index contributed by atoms with van der Waals surface area (Å²) in [6, 6.07) is 4.06. The Bertz CT molecular complexity index is 1460. The third kappa shape index (κ3) is 7.34. The summed E-state index contributed by atoms with van der Waals surface area (Å²) in [7, 11) is 1.38. The molecule has 0 aliphatic carbocycles. The molecule has 0 saturated carbocycles. The molecule has 6 nitrogen and oxygen atoms in total. The van der Waals surface area contributed by atoms with Crippen molar-refractivity contribution < 1.29 is 45.0 Å². The van der Waals surface area contributed by atoms with Gasteiger partial charge in [0.15, 0.2) is 5.16 Å². The number of rotatable bonds is 7. The van der Waals surface area contributed by atoms with Crippen molar-refractivity contribution in [3.05, 3.63) is 70.3 Å². The maximum Gasteiger partial charge on any atom is 0.416 e. The fourth-order valence-corrected chi connectivity index (χ4v) is 5.13. The highest BCUT2D eigenvalue weighted by atomic mass is 32.2. The van der Waals surface area contributed by atoms with Crippen LogP contribution in [-0.4, -0.2) is 40.9 Å². The molecule has 1 fully saturated rings. The number of hydrogen-bond donors (Lipinski definition) is 0. The summed E-state index contributed by atoms with van der Waals surface area (Å²) in [5.74, 6) is -0.401. The highest BCUT2D eigenvalue weighted by Crippen LogP contribution is 2.40. The van der Waals surface area contributed by atoms with Gasteiger partial charge in [0.2, 0.25) is 0 Å². The highest BCUT2D eigenvalue weighted by Gasteiger charge is 2.38. The average molecular weight is 632 g/mol. The van der Waals surface area contributed by atoms with Crippen LogP contribution in [0.15, 0.2) is 41.7 Å². The number of ether oxygens (including phenoxy) is 2. The van der Waals surface area contributed by atoms with Gasteiger partial charge in [0, 0.05) is 29.9 Å². The van der Waals surface area contributed by atoms with Gasteiger partial charge >= 0.3 is 18.4 Å². The largest absolute Gasteiger partial charge is 0.496 e. The fraction of sp³-hybridized carbons (Fsp3) is 0.414. The van der Waals surface area contributed by atoms with E-state index in [4.69, 9.17) is 9.47 Å². The molecule has 1 aromatic heterocycles. The van der Waals surface area contributed by atoms with Gasteiger partial charge in [-0.15, -0.1) is 0 Å².